The highest BCUT2D eigenvalue weighted by molar-refractivity contribution is 7.85. The molecule has 0 saturated heterocycles. The monoisotopic (exact) mass is 330 g/mol. The van der Waals surface area contributed by atoms with Crippen molar-refractivity contribution in [2.24, 2.45) is 0 Å². The van der Waals surface area contributed by atoms with E-state index in [2.05, 4.69) is 6.92 Å². The zero-order valence-corrected chi connectivity index (χ0v) is 14.2. The molecule has 0 radical (unpaired) electrons. The van der Waals surface area contributed by atoms with Gasteiger partial charge in [-0.15, -0.1) is 0 Å². The van der Waals surface area contributed by atoms with E-state index in [9.17, 15) is 8.42 Å². The summed E-state index contributed by atoms with van der Waals surface area (Å²) in [6, 6.07) is 4.87. The van der Waals surface area contributed by atoms with E-state index in [0.717, 1.165) is 12.8 Å². The van der Waals surface area contributed by atoms with Crippen LogP contribution in [0.5, 0.6) is 11.5 Å². The predicted octanol–water partition coefficient (Wildman–Crippen LogP) is 3.82. The van der Waals surface area contributed by atoms with Gasteiger partial charge in [0.25, 0.3) is 10.1 Å². The molecule has 5 nitrogen and oxygen atoms in total. The first-order chi connectivity index (χ1) is 10.5. The maximum absolute atomic E-state index is 10.9. The van der Waals surface area contributed by atoms with E-state index in [4.69, 9.17) is 14.0 Å². The average Bonchev–Trinajstić information content (AvgIpc) is 2.45. The fourth-order valence-electron chi connectivity index (χ4n) is 2.20. The molecule has 0 aromatic heterocycles. The highest BCUT2D eigenvalue weighted by Gasteiger charge is 2.11. The van der Waals surface area contributed by atoms with Crippen LogP contribution in [0.1, 0.15) is 51.0 Å². The Hall–Kier alpha value is -1.27. The van der Waals surface area contributed by atoms with Gasteiger partial charge in [0.05, 0.1) is 13.7 Å². The second kappa shape index (κ2) is 9.69. The molecule has 1 aromatic carbocycles. The first-order valence-electron chi connectivity index (χ1n) is 7.71. The van der Waals surface area contributed by atoms with Gasteiger partial charge in [-0.05, 0) is 24.1 Å². The molecule has 0 unspecified atom stereocenters. The highest BCUT2D eigenvalue weighted by Crippen LogP contribution is 2.29. The summed E-state index contributed by atoms with van der Waals surface area (Å²) in [5.74, 6) is 0.642. The molecule has 0 aliphatic heterocycles. The number of hydrogen-bond donors (Lipinski definition) is 1. The van der Waals surface area contributed by atoms with E-state index in [1.165, 1.54) is 32.8 Å². The minimum Gasteiger partial charge on any atom is -0.493 e. The summed E-state index contributed by atoms with van der Waals surface area (Å²) in [7, 11) is -2.54. The number of unbranched alkanes of at least 4 members (excludes halogenated alkanes) is 5. The summed E-state index contributed by atoms with van der Waals surface area (Å²) in [5, 5.41) is 0. The van der Waals surface area contributed by atoms with E-state index in [1.807, 2.05) is 0 Å². The van der Waals surface area contributed by atoms with Gasteiger partial charge in [0.1, 0.15) is 5.75 Å². The molecule has 6 heteroatoms. The van der Waals surface area contributed by atoms with E-state index < -0.39 is 15.9 Å². The van der Waals surface area contributed by atoms with Gasteiger partial charge in [0, 0.05) is 0 Å². The molecule has 126 valence electrons. The average molecular weight is 330 g/mol. The molecule has 0 bridgehead atoms. The molecule has 1 rings (SSSR count). The largest absolute Gasteiger partial charge is 0.493 e. The lowest BCUT2D eigenvalue weighted by molar-refractivity contribution is 0.284. The predicted molar refractivity (Wildman–Crippen MR) is 87.1 cm³/mol. The van der Waals surface area contributed by atoms with Crippen molar-refractivity contribution in [3.8, 4) is 11.5 Å². The molecule has 0 aliphatic carbocycles. The summed E-state index contributed by atoms with van der Waals surface area (Å²) in [6.07, 6.45) is 7.14. The van der Waals surface area contributed by atoms with E-state index in [-0.39, 0.29) is 0 Å². The summed E-state index contributed by atoms with van der Waals surface area (Å²) < 4.78 is 41.5. The van der Waals surface area contributed by atoms with Gasteiger partial charge in [-0.1, -0.05) is 45.1 Å². The van der Waals surface area contributed by atoms with Crippen molar-refractivity contribution < 1.29 is 22.4 Å². The van der Waals surface area contributed by atoms with Crippen molar-refractivity contribution in [2.75, 3.05) is 13.7 Å². The number of ether oxygens (including phenoxy) is 2. The van der Waals surface area contributed by atoms with Gasteiger partial charge >= 0.3 is 0 Å². The summed E-state index contributed by atoms with van der Waals surface area (Å²) in [6.45, 7) is 2.81. The fraction of sp³-hybridized carbons (Fsp3) is 0.625. The van der Waals surface area contributed by atoms with Crippen LogP contribution < -0.4 is 9.47 Å². The van der Waals surface area contributed by atoms with Crippen molar-refractivity contribution in [3.05, 3.63) is 23.8 Å². The molecule has 1 aromatic rings. The first-order valence-corrected chi connectivity index (χ1v) is 9.32. The van der Waals surface area contributed by atoms with Crippen molar-refractivity contribution in [3.63, 3.8) is 0 Å². The molecule has 1 N–H and O–H groups in total. The molecule has 0 spiro atoms. The minimum absolute atomic E-state index is 0.429. The zero-order valence-electron chi connectivity index (χ0n) is 13.4. The second-order valence-electron chi connectivity index (χ2n) is 5.33. The molecule has 0 aliphatic rings. The van der Waals surface area contributed by atoms with Crippen molar-refractivity contribution in [1.29, 1.82) is 0 Å². The number of benzene rings is 1. The van der Waals surface area contributed by atoms with Crippen LogP contribution in [0.3, 0.4) is 0 Å². The Balaban J connectivity index is 2.46. The molecule has 0 amide bonds. The smallest absolute Gasteiger partial charge is 0.269 e. The molecule has 0 heterocycles. The molecular weight excluding hydrogens is 304 g/mol. The Labute approximate surface area is 133 Å². The maximum atomic E-state index is 10.9. The fourth-order valence-corrected chi connectivity index (χ4v) is 2.80. The maximum Gasteiger partial charge on any atom is 0.269 e. The Morgan fingerprint density at radius 2 is 1.73 bits per heavy atom. The Morgan fingerprint density at radius 1 is 1.05 bits per heavy atom. The molecule has 0 fully saturated rings. The van der Waals surface area contributed by atoms with Crippen LogP contribution in [0.25, 0.3) is 0 Å². The van der Waals surface area contributed by atoms with Crippen LogP contribution in [0.4, 0.5) is 0 Å². The number of hydrogen-bond acceptors (Lipinski definition) is 4. The van der Waals surface area contributed by atoms with Crippen LogP contribution in [-0.2, 0) is 15.9 Å². The Kier molecular flexibility index (Phi) is 8.27. The third kappa shape index (κ3) is 7.66. The quantitative estimate of drug-likeness (QED) is 0.493. The summed E-state index contributed by atoms with van der Waals surface area (Å²) in [4.78, 5) is 0. The van der Waals surface area contributed by atoms with Gasteiger partial charge in [-0.25, -0.2) is 0 Å². The lowest BCUT2D eigenvalue weighted by Gasteiger charge is -2.12. The van der Waals surface area contributed by atoms with Crippen LogP contribution in [-0.4, -0.2) is 26.7 Å². The first kappa shape index (κ1) is 18.8. The lowest BCUT2D eigenvalue weighted by Crippen LogP contribution is -2.03. The van der Waals surface area contributed by atoms with Crippen molar-refractivity contribution >= 4 is 10.1 Å². The van der Waals surface area contributed by atoms with Crippen LogP contribution in [0, 0.1) is 0 Å². The molecule has 0 atom stereocenters. The van der Waals surface area contributed by atoms with Crippen LogP contribution in [0.2, 0.25) is 0 Å². The van der Waals surface area contributed by atoms with Crippen LogP contribution >= 0.6 is 0 Å². The lowest BCUT2D eigenvalue weighted by atomic mass is 10.1. The standard InChI is InChI=1S/C16H26O5S/c1-3-4-5-6-7-8-11-21-15-10-9-14(12-16(15)20-2)13-22(17,18)19/h9-10,12H,3-8,11,13H2,1-2H3,(H,17,18,19). The van der Waals surface area contributed by atoms with Gasteiger partial charge in [0.2, 0.25) is 0 Å². The second-order valence-corrected chi connectivity index (χ2v) is 6.78. The minimum atomic E-state index is -4.04. The Bertz CT molecular complexity index is 539. The highest BCUT2D eigenvalue weighted by atomic mass is 32.2. The molecule has 0 saturated carbocycles. The van der Waals surface area contributed by atoms with Crippen LogP contribution in [0.15, 0.2) is 18.2 Å². The summed E-state index contributed by atoms with van der Waals surface area (Å²) in [5.41, 5.74) is 0.464. The third-order valence-corrected chi connectivity index (χ3v) is 4.03. The molecular formula is C16H26O5S. The van der Waals surface area contributed by atoms with Gasteiger partial charge in [0.15, 0.2) is 11.5 Å². The zero-order chi connectivity index (χ0) is 16.4. The van der Waals surface area contributed by atoms with Crippen molar-refractivity contribution in [1.82, 2.24) is 0 Å². The van der Waals surface area contributed by atoms with Gasteiger partial charge < -0.3 is 9.47 Å². The van der Waals surface area contributed by atoms with E-state index in [0.29, 0.717) is 23.7 Å². The van der Waals surface area contributed by atoms with Gasteiger partial charge in [-0.3, -0.25) is 4.55 Å². The van der Waals surface area contributed by atoms with E-state index in [1.54, 1.807) is 18.2 Å². The topological polar surface area (TPSA) is 72.8 Å². The molecule has 22 heavy (non-hydrogen) atoms. The normalized spacial score (nSPS) is 11.4. The number of rotatable bonds is 11. The number of methoxy groups -OCH3 is 1. The van der Waals surface area contributed by atoms with Crippen molar-refractivity contribution in [2.45, 2.75) is 51.2 Å². The SMILES string of the molecule is CCCCCCCCOc1ccc(CS(=O)(=O)O)cc1OC. The van der Waals surface area contributed by atoms with Gasteiger partial charge in [-0.2, -0.15) is 8.42 Å². The third-order valence-electron chi connectivity index (χ3n) is 3.33. The van der Waals surface area contributed by atoms with E-state index >= 15 is 0 Å². The Morgan fingerprint density at radius 3 is 2.36 bits per heavy atom. The summed E-state index contributed by atoms with van der Waals surface area (Å²) >= 11 is 0.